The molecular weight excluding hydrogens is 216 g/mol. The second-order valence-corrected chi connectivity index (χ2v) is 5.23. The summed E-state index contributed by atoms with van der Waals surface area (Å²) in [4.78, 5) is 14.2. The van der Waals surface area contributed by atoms with Gasteiger partial charge in [0.25, 0.3) is 5.91 Å². The molecule has 4 heteroatoms. The normalized spacial score (nSPS) is 28.8. The van der Waals surface area contributed by atoms with Crippen LogP contribution in [0.5, 0.6) is 0 Å². The summed E-state index contributed by atoms with van der Waals surface area (Å²) < 4.78 is 5.19. The maximum absolute atomic E-state index is 12.2. The number of nitrogens with one attached hydrogen (secondary N) is 1. The SMILES string of the molecule is O=C(c1ccco1)N1CCC[C@]2(CCNC2)C1. The van der Waals surface area contributed by atoms with Crippen LogP contribution in [-0.4, -0.2) is 37.0 Å². The predicted molar refractivity (Wildman–Crippen MR) is 63.8 cm³/mol. The Labute approximate surface area is 101 Å². The number of nitrogens with zero attached hydrogens (tertiary/aromatic N) is 1. The maximum atomic E-state index is 12.2. The molecule has 0 radical (unpaired) electrons. The van der Waals surface area contributed by atoms with E-state index >= 15 is 0 Å². The summed E-state index contributed by atoms with van der Waals surface area (Å²) in [6.45, 7) is 3.87. The van der Waals surface area contributed by atoms with Crippen LogP contribution in [0.4, 0.5) is 0 Å². The first-order chi connectivity index (χ1) is 8.29. The molecule has 1 amide bonds. The molecule has 0 aliphatic carbocycles. The monoisotopic (exact) mass is 234 g/mol. The Morgan fingerprint density at radius 1 is 1.47 bits per heavy atom. The molecule has 0 saturated carbocycles. The zero-order valence-electron chi connectivity index (χ0n) is 9.95. The number of furan rings is 1. The van der Waals surface area contributed by atoms with E-state index in [1.54, 1.807) is 18.4 Å². The van der Waals surface area contributed by atoms with E-state index in [4.69, 9.17) is 4.42 Å². The van der Waals surface area contributed by atoms with Gasteiger partial charge in [0.05, 0.1) is 6.26 Å². The molecular formula is C13H18N2O2. The molecule has 1 N–H and O–H groups in total. The number of hydrogen-bond donors (Lipinski definition) is 1. The fraction of sp³-hybridized carbons (Fsp3) is 0.615. The number of carbonyl (C=O) groups is 1. The number of likely N-dealkylation sites (tertiary alicyclic amines) is 1. The van der Waals surface area contributed by atoms with Crippen LogP contribution in [-0.2, 0) is 0 Å². The number of hydrogen-bond acceptors (Lipinski definition) is 3. The highest BCUT2D eigenvalue weighted by Gasteiger charge is 2.39. The highest BCUT2D eigenvalue weighted by atomic mass is 16.3. The van der Waals surface area contributed by atoms with Crippen molar-refractivity contribution in [3.8, 4) is 0 Å². The molecule has 1 atom stereocenters. The molecule has 92 valence electrons. The van der Waals surface area contributed by atoms with Gasteiger partial charge in [-0.3, -0.25) is 4.79 Å². The Kier molecular flexibility index (Phi) is 2.67. The van der Waals surface area contributed by atoms with Crippen LogP contribution in [0.3, 0.4) is 0 Å². The van der Waals surface area contributed by atoms with Crippen LogP contribution in [0.25, 0.3) is 0 Å². The summed E-state index contributed by atoms with van der Waals surface area (Å²) in [5.74, 6) is 0.508. The molecule has 2 aliphatic heterocycles. The summed E-state index contributed by atoms with van der Waals surface area (Å²) in [6.07, 6.45) is 5.09. The van der Waals surface area contributed by atoms with Crippen molar-refractivity contribution < 1.29 is 9.21 Å². The predicted octanol–water partition coefficient (Wildman–Crippen LogP) is 1.50. The topological polar surface area (TPSA) is 45.5 Å². The maximum Gasteiger partial charge on any atom is 0.289 e. The Morgan fingerprint density at radius 2 is 2.41 bits per heavy atom. The van der Waals surface area contributed by atoms with Gasteiger partial charge in [0.2, 0.25) is 0 Å². The van der Waals surface area contributed by atoms with Crippen molar-refractivity contribution >= 4 is 5.91 Å². The lowest BCUT2D eigenvalue weighted by molar-refractivity contribution is 0.0523. The van der Waals surface area contributed by atoms with Gasteiger partial charge in [-0.15, -0.1) is 0 Å². The lowest BCUT2D eigenvalue weighted by Gasteiger charge is -2.39. The summed E-state index contributed by atoms with van der Waals surface area (Å²) in [5.41, 5.74) is 0.320. The van der Waals surface area contributed by atoms with Gasteiger partial charge in [0.1, 0.15) is 0 Å². The largest absolute Gasteiger partial charge is 0.459 e. The molecule has 1 aromatic heterocycles. The van der Waals surface area contributed by atoms with E-state index in [9.17, 15) is 4.79 Å². The average molecular weight is 234 g/mol. The van der Waals surface area contributed by atoms with Crippen LogP contribution in [0.15, 0.2) is 22.8 Å². The van der Waals surface area contributed by atoms with E-state index in [-0.39, 0.29) is 5.91 Å². The Balaban J connectivity index is 1.73. The Hall–Kier alpha value is -1.29. The number of piperidine rings is 1. The van der Waals surface area contributed by atoms with Crippen LogP contribution < -0.4 is 5.32 Å². The van der Waals surface area contributed by atoms with Crippen LogP contribution >= 0.6 is 0 Å². The number of rotatable bonds is 1. The van der Waals surface area contributed by atoms with Gasteiger partial charge in [-0.25, -0.2) is 0 Å². The zero-order valence-corrected chi connectivity index (χ0v) is 9.95. The molecule has 0 unspecified atom stereocenters. The minimum Gasteiger partial charge on any atom is -0.459 e. The van der Waals surface area contributed by atoms with Gasteiger partial charge in [-0.1, -0.05) is 0 Å². The molecule has 1 aromatic rings. The van der Waals surface area contributed by atoms with Gasteiger partial charge in [0, 0.05) is 25.0 Å². The standard InChI is InChI=1S/C13H18N2O2/c16-12(11-3-1-8-17-11)15-7-2-4-13(10-15)5-6-14-9-13/h1,3,8,14H,2,4-7,9-10H2/t13-/m1/s1. The van der Waals surface area contributed by atoms with E-state index in [0.29, 0.717) is 11.2 Å². The van der Waals surface area contributed by atoms with E-state index in [1.807, 2.05) is 4.90 Å². The van der Waals surface area contributed by atoms with Crippen LogP contribution in [0.1, 0.15) is 29.8 Å². The van der Waals surface area contributed by atoms with E-state index in [1.165, 1.54) is 12.8 Å². The summed E-state index contributed by atoms with van der Waals surface area (Å²) >= 11 is 0. The third-order valence-corrected chi connectivity index (χ3v) is 4.01. The van der Waals surface area contributed by atoms with Crippen molar-refractivity contribution in [3.63, 3.8) is 0 Å². The average Bonchev–Trinajstić information content (AvgIpc) is 3.00. The Morgan fingerprint density at radius 3 is 3.12 bits per heavy atom. The molecule has 0 bridgehead atoms. The molecule has 3 heterocycles. The molecule has 2 saturated heterocycles. The fourth-order valence-corrected chi connectivity index (χ4v) is 3.08. The summed E-state index contributed by atoms with van der Waals surface area (Å²) in [6, 6.07) is 3.51. The van der Waals surface area contributed by atoms with Gasteiger partial charge in [-0.05, 0) is 37.9 Å². The van der Waals surface area contributed by atoms with E-state index in [2.05, 4.69) is 5.32 Å². The van der Waals surface area contributed by atoms with Crippen molar-refractivity contribution in [3.05, 3.63) is 24.2 Å². The zero-order chi connectivity index (χ0) is 11.7. The first-order valence-electron chi connectivity index (χ1n) is 6.33. The first-order valence-corrected chi connectivity index (χ1v) is 6.33. The van der Waals surface area contributed by atoms with Crippen molar-refractivity contribution in [2.24, 2.45) is 5.41 Å². The molecule has 17 heavy (non-hydrogen) atoms. The summed E-state index contributed by atoms with van der Waals surface area (Å²) in [5, 5.41) is 3.42. The quantitative estimate of drug-likeness (QED) is 0.801. The van der Waals surface area contributed by atoms with Crippen molar-refractivity contribution in [2.45, 2.75) is 19.3 Å². The number of carbonyl (C=O) groups excluding carboxylic acids is 1. The van der Waals surface area contributed by atoms with E-state index in [0.717, 1.165) is 32.6 Å². The van der Waals surface area contributed by atoms with Crippen molar-refractivity contribution in [1.82, 2.24) is 10.2 Å². The van der Waals surface area contributed by atoms with E-state index < -0.39 is 0 Å². The number of amides is 1. The molecule has 0 aromatic carbocycles. The minimum atomic E-state index is 0.0426. The molecule has 2 aliphatic rings. The second-order valence-electron chi connectivity index (χ2n) is 5.23. The smallest absolute Gasteiger partial charge is 0.289 e. The van der Waals surface area contributed by atoms with Crippen LogP contribution in [0.2, 0.25) is 0 Å². The molecule has 4 nitrogen and oxygen atoms in total. The van der Waals surface area contributed by atoms with Gasteiger partial charge in [0.15, 0.2) is 5.76 Å². The summed E-state index contributed by atoms with van der Waals surface area (Å²) in [7, 11) is 0. The third-order valence-electron chi connectivity index (χ3n) is 4.01. The lowest BCUT2D eigenvalue weighted by atomic mass is 9.79. The highest BCUT2D eigenvalue weighted by molar-refractivity contribution is 5.91. The lowest BCUT2D eigenvalue weighted by Crippen LogP contribution is -2.47. The fourth-order valence-electron chi connectivity index (χ4n) is 3.08. The Bertz CT molecular complexity index is 394. The molecule has 3 rings (SSSR count). The molecule has 1 spiro atoms. The molecule has 2 fully saturated rings. The van der Waals surface area contributed by atoms with Gasteiger partial charge < -0.3 is 14.6 Å². The third kappa shape index (κ3) is 1.97. The highest BCUT2D eigenvalue weighted by Crippen LogP contribution is 2.35. The van der Waals surface area contributed by atoms with Crippen LogP contribution in [0, 0.1) is 5.41 Å². The van der Waals surface area contributed by atoms with Gasteiger partial charge >= 0.3 is 0 Å². The van der Waals surface area contributed by atoms with Crippen molar-refractivity contribution in [2.75, 3.05) is 26.2 Å². The first kappa shape index (κ1) is 10.8. The minimum absolute atomic E-state index is 0.0426. The van der Waals surface area contributed by atoms with Gasteiger partial charge in [-0.2, -0.15) is 0 Å². The second kappa shape index (κ2) is 4.18. The van der Waals surface area contributed by atoms with Crippen molar-refractivity contribution in [1.29, 1.82) is 0 Å².